The van der Waals surface area contributed by atoms with Gasteiger partial charge in [0.25, 0.3) is 5.91 Å². The van der Waals surface area contributed by atoms with Crippen molar-refractivity contribution in [2.24, 2.45) is 4.99 Å². The first-order valence-electron chi connectivity index (χ1n) is 7.03. The number of sulfone groups is 1. The molecule has 2 aliphatic rings. The fraction of sp³-hybridized carbons (Fsp3) is 0.429. The molecule has 0 spiro atoms. The Hall–Kier alpha value is -0.800. The van der Waals surface area contributed by atoms with Crippen molar-refractivity contribution in [3.05, 3.63) is 28.2 Å². The molecule has 0 N–H and O–H groups in total. The zero-order valence-electron chi connectivity index (χ0n) is 12.6. The third-order valence-corrected chi connectivity index (χ3v) is 7.55. The molecule has 2 saturated heterocycles. The van der Waals surface area contributed by atoms with Gasteiger partial charge in [-0.05, 0) is 12.1 Å². The van der Waals surface area contributed by atoms with E-state index in [0.29, 0.717) is 20.9 Å². The minimum Gasteiger partial charge on any atom is -0.375 e. The van der Waals surface area contributed by atoms with Crippen LogP contribution in [0, 0.1) is 0 Å². The Morgan fingerprint density at radius 3 is 2.67 bits per heavy atom. The van der Waals surface area contributed by atoms with E-state index in [4.69, 9.17) is 27.9 Å². The molecule has 24 heavy (non-hydrogen) atoms. The highest BCUT2D eigenvalue weighted by Gasteiger charge is 2.50. The Kier molecular flexibility index (Phi) is 5.13. The first kappa shape index (κ1) is 18.0. The number of nitrogens with zero attached hydrogens (tertiary/aromatic N) is 2. The number of halogens is 2. The summed E-state index contributed by atoms with van der Waals surface area (Å²) in [6.07, 6.45) is 0. The zero-order chi connectivity index (χ0) is 17.5. The Bertz CT molecular complexity index is 793. The van der Waals surface area contributed by atoms with Crippen LogP contribution >= 0.6 is 35.0 Å². The highest BCUT2D eigenvalue weighted by atomic mass is 35.5. The molecular formula is C14H14Cl2N2O4S2. The number of carbonyl (C=O) groups is 1. The standard InChI is InChI=1S/C14H14Cl2N2O4S2/c1-22-5-12(19)17-14-18(13-8(15)3-2-4-9(13)16)10-6-24(20,21)7-11(10)23-14/h2-4,10-11H,5-7H2,1H3/t10-,11+/m0/s1. The van der Waals surface area contributed by atoms with Crippen LogP contribution in [-0.4, -0.2) is 56.0 Å². The number of amidine groups is 1. The topological polar surface area (TPSA) is 76.0 Å². The summed E-state index contributed by atoms with van der Waals surface area (Å²) in [6, 6.07) is 4.68. The number of rotatable bonds is 3. The first-order valence-corrected chi connectivity index (χ1v) is 10.5. The summed E-state index contributed by atoms with van der Waals surface area (Å²) in [4.78, 5) is 17.6. The van der Waals surface area contributed by atoms with E-state index in [1.807, 2.05) is 0 Å². The number of aliphatic imine (C=N–C) groups is 1. The van der Waals surface area contributed by atoms with Gasteiger partial charge in [-0.15, -0.1) is 0 Å². The van der Waals surface area contributed by atoms with Gasteiger partial charge in [-0.1, -0.05) is 41.0 Å². The van der Waals surface area contributed by atoms with Gasteiger partial charge in [0.05, 0.1) is 33.3 Å². The molecule has 2 atom stereocenters. The van der Waals surface area contributed by atoms with E-state index >= 15 is 0 Å². The normalized spacial score (nSPS) is 26.8. The van der Waals surface area contributed by atoms with Gasteiger partial charge in [0.2, 0.25) is 0 Å². The van der Waals surface area contributed by atoms with Crippen LogP contribution in [0.15, 0.2) is 23.2 Å². The molecule has 0 aliphatic carbocycles. The van der Waals surface area contributed by atoms with Crippen LogP contribution in [0.4, 0.5) is 5.69 Å². The summed E-state index contributed by atoms with van der Waals surface area (Å²) < 4.78 is 28.8. The van der Waals surface area contributed by atoms with Gasteiger partial charge in [0.15, 0.2) is 15.0 Å². The molecule has 2 heterocycles. The SMILES string of the molecule is COCC(=O)N=C1S[C@@H]2CS(=O)(=O)C[C@@H]2N1c1c(Cl)cccc1Cl. The van der Waals surface area contributed by atoms with Crippen molar-refractivity contribution in [3.8, 4) is 0 Å². The first-order chi connectivity index (χ1) is 11.3. The summed E-state index contributed by atoms with van der Waals surface area (Å²) in [6.45, 7) is -0.151. The van der Waals surface area contributed by atoms with Crippen LogP contribution in [-0.2, 0) is 19.4 Å². The highest BCUT2D eigenvalue weighted by molar-refractivity contribution is 8.16. The smallest absolute Gasteiger partial charge is 0.274 e. The number of hydrogen-bond acceptors (Lipinski definition) is 5. The number of anilines is 1. The van der Waals surface area contributed by atoms with E-state index in [2.05, 4.69) is 4.99 Å². The second kappa shape index (κ2) is 6.84. The zero-order valence-corrected chi connectivity index (χ0v) is 15.8. The largest absolute Gasteiger partial charge is 0.375 e. The predicted octanol–water partition coefficient (Wildman–Crippen LogP) is 2.24. The molecule has 0 aromatic heterocycles. The van der Waals surface area contributed by atoms with E-state index in [0.717, 1.165) is 0 Å². The number of fused-ring (bicyclic) bond motifs is 1. The maximum atomic E-state index is 12.0. The summed E-state index contributed by atoms with van der Waals surface area (Å²) >= 11 is 13.8. The van der Waals surface area contributed by atoms with Crippen LogP contribution in [0.5, 0.6) is 0 Å². The van der Waals surface area contributed by atoms with Crippen LogP contribution in [0.3, 0.4) is 0 Å². The minimum absolute atomic E-state index is 0.0241. The molecule has 0 unspecified atom stereocenters. The third kappa shape index (κ3) is 3.43. The van der Waals surface area contributed by atoms with Crippen molar-refractivity contribution >= 4 is 61.6 Å². The molecule has 10 heteroatoms. The van der Waals surface area contributed by atoms with E-state index in [1.54, 1.807) is 23.1 Å². The van der Waals surface area contributed by atoms with Crippen molar-refractivity contribution in [1.82, 2.24) is 0 Å². The molecule has 1 aromatic rings. The molecule has 0 bridgehead atoms. The molecule has 6 nitrogen and oxygen atoms in total. The molecule has 2 fully saturated rings. The number of ether oxygens (including phenoxy) is 1. The van der Waals surface area contributed by atoms with Crippen LogP contribution < -0.4 is 4.90 Å². The molecule has 2 aliphatic heterocycles. The fourth-order valence-corrected chi connectivity index (χ4v) is 7.30. The second-order valence-corrected chi connectivity index (χ2v) is 9.64. The van der Waals surface area contributed by atoms with Crippen LogP contribution in [0.25, 0.3) is 0 Å². The second-order valence-electron chi connectivity index (χ2n) is 5.46. The minimum atomic E-state index is -3.15. The summed E-state index contributed by atoms with van der Waals surface area (Å²) in [7, 11) is -1.74. The number of amides is 1. The lowest BCUT2D eigenvalue weighted by Gasteiger charge is -2.26. The number of thioether (sulfide) groups is 1. The molecule has 130 valence electrons. The van der Waals surface area contributed by atoms with E-state index in [1.165, 1.54) is 18.9 Å². The lowest BCUT2D eigenvalue weighted by atomic mass is 10.2. The Morgan fingerprint density at radius 2 is 2.04 bits per heavy atom. The van der Waals surface area contributed by atoms with E-state index < -0.39 is 15.7 Å². The summed E-state index contributed by atoms with van der Waals surface area (Å²) in [5.41, 5.74) is 0.474. The molecule has 1 aromatic carbocycles. The molecule has 1 amide bonds. The van der Waals surface area contributed by atoms with E-state index in [9.17, 15) is 13.2 Å². The Balaban J connectivity index is 2.07. The maximum Gasteiger partial charge on any atom is 0.274 e. The molecule has 0 radical (unpaired) electrons. The highest BCUT2D eigenvalue weighted by Crippen LogP contribution is 2.45. The number of benzene rings is 1. The van der Waals surface area contributed by atoms with Gasteiger partial charge in [-0.25, -0.2) is 8.42 Å². The molecule has 3 rings (SSSR count). The summed E-state index contributed by atoms with van der Waals surface area (Å²) in [5.74, 6) is -0.432. The number of hydrogen-bond donors (Lipinski definition) is 0. The predicted molar refractivity (Wildman–Crippen MR) is 97.1 cm³/mol. The quantitative estimate of drug-likeness (QED) is 0.762. The monoisotopic (exact) mass is 408 g/mol. The molecular weight excluding hydrogens is 395 g/mol. The van der Waals surface area contributed by atoms with Crippen LogP contribution in [0.2, 0.25) is 10.0 Å². The van der Waals surface area contributed by atoms with Crippen molar-refractivity contribution in [3.63, 3.8) is 0 Å². The Morgan fingerprint density at radius 1 is 1.38 bits per heavy atom. The fourth-order valence-electron chi connectivity index (χ4n) is 2.81. The van der Waals surface area contributed by atoms with Gasteiger partial charge < -0.3 is 9.64 Å². The number of para-hydroxylation sites is 1. The third-order valence-electron chi connectivity index (χ3n) is 3.73. The van der Waals surface area contributed by atoms with Crippen molar-refractivity contribution < 1.29 is 17.9 Å². The van der Waals surface area contributed by atoms with E-state index in [-0.39, 0.29) is 29.4 Å². The van der Waals surface area contributed by atoms with Gasteiger partial charge in [-0.2, -0.15) is 4.99 Å². The van der Waals surface area contributed by atoms with Crippen LogP contribution in [0.1, 0.15) is 0 Å². The van der Waals surface area contributed by atoms with Crippen molar-refractivity contribution in [2.75, 3.05) is 30.1 Å². The number of carbonyl (C=O) groups excluding carboxylic acids is 1. The lowest BCUT2D eigenvalue weighted by Crippen LogP contribution is -2.38. The average Bonchev–Trinajstić information content (AvgIpc) is 2.92. The molecule has 0 saturated carbocycles. The summed E-state index contributed by atoms with van der Waals surface area (Å²) in [5, 5.41) is 0.938. The number of methoxy groups -OCH3 is 1. The van der Waals surface area contributed by atoms with Gasteiger partial charge in [-0.3, -0.25) is 4.79 Å². The van der Waals surface area contributed by atoms with Gasteiger partial charge in [0.1, 0.15) is 6.61 Å². The lowest BCUT2D eigenvalue weighted by molar-refractivity contribution is -0.121. The van der Waals surface area contributed by atoms with Gasteiger partial charge >= 0.3 is 0 Å². The Labute approximate surface area is 154 Å². The average molecular weight is 409 g/mol. The maximum absolute atomic E-state index is 12.0. The van der Waals surface area contributed by atoms with Crippen molar-refractivity contribution in [2.45, 2.75) is 11.3 Å². The van der Waals surface area contributed by atoms with Crippen molar-refractivity contribution in [1.29, 1.82) is 0 Å². The van der Waals surface area contributed by atoms with Gasteiger partial charge in [0, 0.05) is 12.4 Å².